The molecule has 3 rings (SSSR count). The van der Waals surface area contributed by atoms with Crippen molar-refractivity contribution < 1.29 is 4.74 Å². The maximum absolute atomic E-state index is 6.03. The first-order chi connectivity index (χ1) is 10.8. The Bertz CT molecular complexity index is 564. The first-order valence-electron chi connectivity index (χ1n) is 7.87. The van der Waals surface area contributed by atoms with E-state index < -0.39 is 0 Å². The fourth-order valence-electron chi connectivity index (χ4n) is 2.84. The molecule has 1 aliphatic rings. The van der Waals surface area contributed by atoms with Gasteiger partial charge in [-0.15, -0.1) is 11.3 Å². The molecule has 22 heavy (non-hydrogen) atoms. The third-order valence-electron chi connectivity index (χ3n) is 4.07. The van der Waals surface area contributed by atoms with Crippen LogP contribution in [0.25, 0.3) is 0 Å². The third kappa shape index (κ3) is 4.53. The van der Waals surface area contributed by atoms with Crippen molar-refractivity contribution >= 4 is 16.5 Å². The second-order valence-corrected chi connectivity index (χ2v) is 6.89. The lowest BCUT2D eigenvalue weighted by atomic mass is 10.1. The number of aromatic nitrogens is 1. The van der Waals surface area contributed by atoms with Gasteiger partial charge in [0.05, 0.1) is 12.7 Å². The molecule has 0 radical (unpaired) electrons. The Labute approximate surface area is 135 Å². The van der Waals surface area contributed by atoms with Gasteiger partial charge >= 0.3 is 0 Å². The number of nitrogens with zero attached hydrogens (tertiary/aromatic N) is 2. The zero-order chi connectivity index (χ0) is 15.2. The minimum atomic E-state index is 0.409. The second-order valence-electron chi connectivity index (χ2n) is 5.75. The zero-order valence-corrected chi connectivity index (χ0v) is 13.6. The van der Waals surface area contributed by atoms with Gasteiger partial charge in [-0.05, 0) is 24.8 Å². The first-order valence-corrected chi connectivity index (χ1v) is 8.69. The number of piperidine rings is 1. The average Bonchev–Trinajstić information content (AvgIpc) is 2.95. The van der Waals surface area contributed by atoms with Crippen LogP contribution in [0.3, 0.4) is 0 Å². The second kappa shape index (κ2) is 7.72. The van der Waals surface area contributed by atoms with E-state index in [9.17, 15) is 0 Å². The van der Waals surface area contributed by atoms with Gasteiger partial charge in [0, 0.05) is 30.7 Å². The number of hydrogen-bond donors (Lipinski definition) is 1. The van der Waals surface area contributed by atoms with E-state index in [0.29, 0.717) is 11.2 Å². The Morgan fingerprint density at radius 2 is 2.00 bits per heavy atom. The van der Waals surface area contributed by atoms with Crippen molar-refractivity contribution in [3.05, 3.63) is 47.0 Å². The molecule has 2 N–H and O–H groups in total. The summed E-state index contributed by atoms with van der Waals surface area (Å²) >= 11 is 1.59. The molecule has 0 bridgehead atoms. The largest absolute Gasteiger partial charge is 0.378 e. The minimum Gasteiger partial charge on any atom is -0.378 e. The molecule has 0 amide bonds. The molecule has 0 atom stereocenters. The van der Waals surface area contributed by atoms with Crippen molar-refractivity contribution in [2.75, 3.05) is 25.4 Å². The number of rotatable bonds is 6. The summed E-state index contributed by atoms with van der Waals surface area (Å²) in [5, 5.41) is 0.661. The number of nitrogens with two attached hydrogens (primary N) is 1. The highest BCUT2D eigenvalue weighted by Gasteiger charge is 2.20. The Balaban J connectivity index is 1.35. The van der Waals surface area contributed by atoms with E-state index in [1.165, 1.54) is 10.4 Å². The summed E-state index contributed by atoms with van der Waals surface area (Å²) in [5.74, 6) is 0. The molecule has 0 spiro atoms. The van der Waals surface area contributed by atoms with Crippen molar-refractivity contribution in [1.82, 2.24) is 9.88 Å². The van der Waals surface area contributed by atoms with Crippen LogP contribution >= 0.6 is 11.3 Å². The third-order valence-corrected chi connectivity index (χ3v) is 4.88. The van der Waals surface area contributed by atoms with Gasteiger partial charge in [0.25, 0.3) is 0 Å². The Morgan fingerprint density at radius 3 is 2.68 bits per heavy atom. The Hall–Kier alpha value is -1.43. The van der Waals surface area contributed by atoms with Gasteiger partial charge in [-0.25, -0.2) is 4.98 Å². The summed E-state index contributed by atoms with van der Waals surface area (Å²) in [6.07, 6.45) is 5.53. The fourth-order valence-corrected chi connectivity index (χ4v) is 3.56. The van der Waals surface area contributed by atoms with E-state index in [-0.39, 0.29) is 0 Å². The molecule has 4 nitrogen and oxygen atoms in total. The molecule has 1 aromatic heterocycles. The fraction of sp³-hybridized carbons (Fsp3) is 0.471. The van der Waals surface area contributed by atoms with E-state index in [0.717, 1.165) is 45.5 Å². The summed E-state index contributed by atoms with van der Waals surface area (Å²) in [6.45, 7) is 3.97. The summed E-state index contributed by atoms with van der Waals surface area (Å²) in [5.41, 5.74) is 7.03. The summed E-state index contributed by atoms with van der Waals surface area (Å²) in [6, 6.07) is 10.5. The quantitative estimate of drug-likeness (QED) is 0.890. The van der Waals surface area contributed by atoms with Gasteiger partial charge < -0.3 is 10.5 Å². The molecular weight excluding hydrogens is 294 g/mol. The van der Waals surface area contributed by atoms with E-state index in [1.807, 2.05) is 6.20 Å². The van der Waals surface area contributed by atoms with E-state index in [1.54, 1.807) is 11.3 Å². The van der Waals surface area contributed by atoms with Crippen molar-refractivity contribution in [3.8, 4) is 0 Å². The van der Waals surface area contributed by atoms with Crippen LogP contribution in [-0.2, 0) is 17.7 Å². The normalized spacial score (nSPS) is 16.9. The van der Waals surface area contributed by atoms with Gasteiger partial charge in [0.2, 0.25) is 0 Å². The molecule has 1 aliphatic heterocycles. The standard InChI is InChI=1S/C17H23N3OS/c18-17-19-12-16(22-17)13-20-9-6-15(7-10-20)21-11-8-14-4-2-1-3-5-14/h1-5,12,15H,6-11,13H2,(H2,18,19). The van der Waals surface area contributed by atoms with Crippen LogP contribution in [0.2, 0.25) is 0 Å². The SMILES string of the molecule is Nc1ncc(CN2CCC(OCCc3ccccc3)CC2)s1. The smallest absolute Gasteiger partial charge is 0.180 e. The maximum atomic E-state index is 6.03. The lowest BCUT2D eigenvalue weighted by Crippen LogP contribution is -2.36. The molecule has 1 fully saturated rings. The highest BCUT2D eigenvalue weighted by Crippen LogP contribution is 2.20. The van der Waals surface area contributed by atoms with Crippen molar-refractivity contribution in [2.45, 2.75) is 31.9 Å². The predicted molar refractivity (Wildman–Crippen MR) is 90.9 cm³/mol. The summed E-state index contributed by atoms with van der Waals surface area (Å²) in [7, 11) is 0. The molecular formula is C17H23N3OS. The maximum Gasteiger partial charge on any atom is 0.180 e. The molecule has 5 heteroatoms. The van der Waals surface area contributed by atoms with Gasteiger partial charge in [0.1, 0.15) is 0 Å². The number of hydrogen-bond acceptors (Lipinski definition) is 5. The molecule has 0 saturated carbocycles. The topological polar surface area (TPSA) is 51.4 Å². The van der Waals surface area contributed by atoms with Crippen LogP contribution in [-0.4, -0.2) is 35.7 Å². The number of likely N-dealkylation sites (tertiary alicyclic amines) is 1. The van der Waals surface area contributed by atoms with Gasteiger partial charge in [-0.1, -0.05) is 30.3 Å². The summed E-state index contributed by atoms with van der Waals surface area (Å²) < 4.78 is 6.03. The first kappa shape index (κ1) is 15.5. The molecule has 1 saturated heterocycles. The molecule has 0 unspecified atom stereocenters. The lowest BCUT2D eigenvalue weighted by molar-refractivity contribution is 0.00758. The minimum absolute atomic E-state index is 0.409. The average molecular weight is 317 g/mol. The number of thiazole rings is 1. The summed E-state index contributed by atoms with van der Waals surface area (Å²) in [4.78, 5) is 7.82. The van der Waals surface area contributed by atoms with Crippen molar-refractivity contribution in [2.24, 2.45) is 0 Å². The van der Waals surface area contributed by atoms with Crippen LogP contribution in [0.1, 0.15) is 23.3 Å². The van der Waals surface area contributed by atoms with E-state index in [4.69, 9.17) is 10.5 Å². The van der Waals surface area contributed by atoms with Crippen LogP contribution < -0.4 is 5.73 Å². The Morgan fingerprint density at radius 1 is 1.23 bits per heavy atom. The molecule has 0 aliphatic carbocycles. The number of ether oxygens (including phenoxy) is 1. The number of nitrogen functional groups attached to an aromatic ring is 1. The monoisotopic (exact) mass is 317 g/mol. The zero-order valence-electron chi connectivity index (χ0n) is 12.8. The molecule has 2 aromatic rings. The van der Waals surface area contributed by atoms with Gasteiger partial charge in [-0.2, -0.15) is 0 Å². The number of anilines is 1. The molecule has 118 valence electrons. The van der Waals surface area contributed by atoms with Crippen LogP contribution in [0.5, 0.6) is 0 Å². The Kier molecular flexibility index (Phi) is 5.43. The highest BCUT2D eigenvalue weighted by molar-refractivity contribution is 7.15. The van der Waals surface area contributed by atoms with Gasteiger partial charge in [-0.3, -0.25) is 4.90 Å². The lowest BCUT2D eigenvalue weighted by Gasteiger charge is -2.31. The van der Waals surface area contributed by atoms with Crippen molar-refractivity contribution in [1.29, 1.82) is 0 Å². The van der Waals surface area contributed by atoms with E-state index in [2.05, 4.69) is 40.2 Å². The van der Waals surface area contributed by atoms with Crippen LogP contribution in [0.15, 0.2) is 36.5 Å². The van der Waals surface area contributed by atoms with E-state index >= 15 is 0 Å². The number of benzene rings is 1. The molecule has 2 heterocycles. The molecule has 1 aromatic carbocycles. The predicted octanol–water partition coefficient (Wildman–Crippen LogP) is 2.95. The van der Waals surface area contributed by atoms with Crippen LogP contribution in [0, 0.1) is 0 Å². The van der Waals surface area contributed by atoms with Gasteiger partial charge in [0.15, 0.2) is 5.13 Å². The van der Waals surface area contributed by atoms with Crippen LogP contribution in [0.4, 0.5) is 5.13 Å². The highest BCUT2D eigenvalue weighted by atomic mass is 32.1. The van der Waals surface area contributed by atoms with Crippen molar-refractivity contribution in [3.63, 3.8) is 0 Å².